The number of aliphatic imine (C=N–C) groups is 1. The number of ether oxygens (including phenoxy) is 2. The van der Waals surface area contributed by atoms with Crippen molar-refractivity contribution in [3.63, 3.8) is 0 Å². The molecular weight excluding hydrogens is 335 g/mol. The van der Waals surface area contributed by atoms with Gasteiger partial charge in [-0.15, -0.1) is 0 Å². The second-order valence-corrected chi connectivity index (χ2v) is 6.00. The number of anilines is 1. The Bertz CT molecular complexity index is 992. The van der Waals surface area contributed by atoms with E-state index in [9.17, 15) is 9.65 Å². The third kappa shape index (κ3) is 2.86. The van der Waals surface area contributed by atoms with Crippen molar-refractivity contribution in [1.82, 2.24) is 4.98 Å². The minimum Gasteiger partial charge on any atom is -0.493 e. The number of allylic oxidation sites excluding steroid dienone is 1. The van der Waals surface area contributed by atoms with Gasteiger partial charge in [-0.05, 0) is 29.8 Å². The molecule has 3 heterocycles. The number of halogens is 1. The second kappa shape index (κ2) is 6.48. The zero-order valence-corrected chi connectivity index (χ0v) is 13.8. The standard InChI is InChI=1S/C19H15FN4O2/c20-14-1-2-16-13(5-14)10-26-17-6-12(9-24-19(17)22)18-11(3-4-25-16)8-23-15(18)7-21/h1-2,5-6,9H,3-4,8,10H2,(H2,22,24). The Balaban J connectivity index is 1.80. The van der Waals surface area contributed by atoms with E-state index in [2.05, 4.69) is 16.0 Å². The molecule has 1 aromatic carbocycles. The van der Waals surface area contributed by atoms with Gasteiger partial charge in [0.25, 0.3) is 0 Å². The number of nitrogen functional groups attached to an aromatic ring is 1. The molecule has 0 unspecified atom stereocenters. The van der Waals surface area contributed by atoms with Gasteiger partial charge in [0, 0.05) is 29.3 Å². The lowest BCUT2D eigenvalue weighted by Crippen LogP contribution is -2.09. The van der Waals surface area contributed by atoms with Gasteiger partial charge in [-0.2, -0.15) is 5.26 Å². The molecule has 2 aliphatic heterocycles. The minimum absolute atomic E-state index is 0.0908. The van der Waals surface area contributed by atoms with Crippen LogP contribution < -0.4 is 15.2 Å². The molecular formula is C19H15FN4O2. The normalized spacial score (nSPS) is 16.1. The first-order valence-electron chi connectivity index (χ1n) is 8.12. The van der Waals surface area contributed by atoms with E-state index in [0.717, 1.165) is 16.7 Å². The molecule has 1 aromatic heterocycles. The largest absolute Gasteiger partial charge is 0.493 e. The second-order valence-electron chi connectivity index (χ2n) is 6.00. The number of aromatic nitrogens is 1. The van der Waals surface area contributed by atoms with Crippen LogP contribution >= 0.6 is 0 Å². The van der Waals surface area contributed by atoms with Crippen LogP contribution in [0.5, 0.6) is 11.5 Å². The Labute approximate surface area is 149 Å². The summed E-state index contributed by atoms with van der Waals surface area (Å²) in [6, 6.07) is 8.19. The summed E-state index contributed by atoms with van der Waals surface area (Å²) in [7, 11) is 0. The molecule has 2 aromatic rings. The molecule has 6 nitrogen and oxygen atoms in total. The summed E-state index contributed by atoms with van der Waals surface area (Å²) >= 11 is 0. The number of nitrogens with zero attached hydrogens (tertiary/aromatic N) is 3. The molecule has 2 bridgehead atoms. The van der Waals surface area contributed by atoms with Crippen LogP contribution in [0.25, 0.3) is 5.57 Å². The molecule has 26 heavy (non-hydrogen) atoms. The fourth-order valence-corrected chi connectivity index (χ4v) is 3.08. The molecule has 2 N–H and O–H groups in total. The van der Waals surface area contributed by atoms with Gasteiger partial charge in [-0.25, -0.2) is 9.37 Å². The Hall–Kier alpha value is -3.40. The lowest BCUT2D eigenvalue weighted by atomic mass is 9.97. The predicted molar refractivity (Wildman–Crippen MR) is 94.3 cm³/mol. The molecule has 0 saturated heterocycles. The van der Waals surface area contributed by atoms with Crippen molar-refractivity contribution in [2.24, 2.45) is 4.99 Å². The topological polar surface area (TPSA) is 93.5 Å². The molecule has 4 rings (SSSR count). The Morgan fingerprint density at radius 3 is 2.92 bits per heavy atom. The zero-order chi connectivity index (χ0) is 18.1. The smallest absolute Gasteiger partial charge is 0.166 e. The molecule has 0 saturated carbocycles. The number of fused-ring (bicyclic) bond motifs is 4. The average molecular weight is 350 g/mol. The first kappa shape index (κ1) is 16.1. The van der Waals surface area contributed by atoms with Crippen LogP contribution in [-0.4, -0.2) is 23.8 Å². The van der Waals surface area contributed by atoms with Crippen LogP contribution in [0.3, 0.4) is 0 Å². The van der Waals surface area contributed by atoms with E-state index in [0.29, 0.717) is 42.3 Å². The first-order valence-corrected chi connectivity index (χ1v) is 8.12. The number of nitrogens with two attached hydrogens (primary N) is 1. The molecule has 0 atom stereocenters. The maximum absolute atomic E-state index is 13.6. The van der Waals surface area contributed by atoms with E-state index < -0.39 is 0 Å². The minimum atomic E-state index is -0.365. The van der Waals surface area contributed by atoms with Crippen molar-refractivity contribution in [2.75, 3.05) is 18.9 Å². The van der Waals surface area contributed by atoms with Gasteiger partial charge in [0.15, 0.2) is 11.6 Å². The summed E-state index contributed by atoms with van der Waals surface area (Å²) in [5.74, 6) is 0.779. The van der Waals surface area contributed by atoms with Gasteiger partial charge in [0.05, 0.1) is 13.2 Å². The highest BCUT2D eigenvalue weighted by Crippen LogP contribution is 2.33. The third-order valence-corrected chi connectivity index (χ3v) is 4.36. The Morgan fingerprint density at radius 1 is 1.19 bits per heavy atom. The van der Waals surface area contributed by atoms with Crippen molar-refractivity contribution in [1.29, 1.82) is 5.26 Å². The van der Waals surface area contributed by atoms with Gasteiger partial charge in [-0.1, -0.05) is 0 Å². The summed E-state index contributed by atoms with van der Waals surface area (Å²) in [4.78, 5) is 8.48. The van der Waals surface area contributed by atoms with Crippen molar-refractivity contribution in [2.45, 2.75) is 13.0 Å². The van der Waals surface area contributed by atoms with Gasteiger partial charge in [-0.3, -0.25) is 4.99 Å². The highest BCUT2D eigenvalue weighted by Gasteiger charge is 2.23. The van der Waals surface area contributed by atoms with E-state index >= 15 is 0 Å². The van der Waals surface area contributed by atoms with E-state index in [-0.39, 0.29) is 18.2 Å². The third-order valence-electron chi connectivity index (χ3n) is 4.36. The maximum Gasteiger partial charge on any atom is 0.166 e. The zero-order valence-electron chi connectivity index (χ0n) is 13.8. The highest BCUT2D eigenvalue weighted by atomic mass is 19.1. The average Bonchev–Trinajstić information content (AvgIpc) is 3.04. The summed E-state index contributed by atoms with van der Waals surface area (Å²) in [6.07, 6.45) is 2.21. The van der Waals surface area contributed by atoms with Crippen LogP contribution in [-0.2, 0) is 6.61 Å². The van der Waals surface area contributed by atoms with Crippen LogP contribution in [0.15, 0.2) is 41.0 Å². The van der Waals surface area contributed by atoms with E-state index in [1.54, 1.807) is 18.3 Å². The molecule has 0 radical (unpaired) electrons. The van der Waals surface area contributed by atoms with Crippen LogP contribution in [0.2, 0.25) is 0 Å². The molecule has 0 amide bonds. The van der Waals surface area contributed by atoms with Crippen LogP contribution in [0, 0.1) is 17.1 Å². The fraction of sp³-hybridized carbons (Fsp3) is 0.211. The summed E-state index contributed by atoms with van der Waals surface area (Å²) in [5, 5.41) is 9.38. The molecule has 7 heteroatoms. The number of nitriles is 1. The van der Waals surface area contributed by atoms with E-state index in [1.807, 2.05) is 0 Å². The van der Waals surface area contributed by atoms with E-state index in [1.165, 1.54) is 12.1 Å². The number of rotatable bonds is 0. The van der Waals surface area contributed by atoms with Crippen molar-refractivity contribution >= 4 is 17.1 Å². The Morgan fingerprint density at radius 2 is 2.08 bits per heavy atom. The van der Waals surface area contributed by atoms with Crippen LogP contribution in [0.4, 0.5) is 10.2 Å². The summed E-state index contributed by atoms with van der Waals surface area (Å²) in [6.45, 7) is 0.924. The van der Waals surface area contributed by atoms with Gasteiger partial charge in [0.2, 0.25) is 0 Å². The molecule has 130 valence electrons. The number of benzene rings is 1. The predicted octanol–water partition coefficient (Wildman–Crippen LogP) is 2.90. The lowest BCUT2D eigenvalue weighted by Gasteiger charge is -2.16. The quantitative estimate of drug-likeness (QED) is 0.788. The van der Waals surface area contributed by atoms with Crippen molar-refractivity contribution in [3.05, 3.63) is 53.0 Å². The Kier molecular flexibility index (Phi) is 4.01. The lowest BCUT2D eigenvalue weighted by molar-refractivity contribution is 0.280. The van der Waals surface area contributed by atoms with Crippen LogP contribution in [0.1, 0.15) is 17.5 Å². The molecule has 0 spiro atoms. The SMILES string of the molecule is N#CC1=NCC2=C1c1cnc(N)c(c1)OCc1cc(F)ccc1OCC2. The monoisotopic (exact) mass is 350 g/mol. The molecule has 2 aliphatic rings. The maximum atomic E-state index is 13.6. The summed E-state index contributed by atoms with van der Waals surface area (Å²) in [5.41, 5.74) is 9.35. The highest BCUT2D eigenvalue weighted by molar-refractivity contribution is 6.33. The number of pyridine rings is 1. The molecule has 0 fully saturated rings. The van der Waals surface area contributed by atoms with Gasteiger partial charge >= 0.3 is 0 Å². The summed E-state index contributed by atoms with van der Waals surface area (Å²) < 4.78 is 25.2. The van der Waals surface area contributed by atoms with Gasteiger partial charge in [0.1, 0.15) is 30.0 Å². The van der Waals surface area contributed by atoms with E-state index in [4.69, 9.17) is 15.2 Å². The number of hydrogen-bond acceptors (Lipinski definition) is 6. The van der Waals surface area contributed by atoms with Gasteiger partial charge < -0.3 is 15.2 Å². The van der Waals surface area contributed by atoms with Crippen molar-refractivity contribution in [3.8, 4) is 17.6 Å². The first-order chi connectivity index (χ1) is 12.7. The fourth-order valence-electron chi connectivity index (χ4n) is 3.08. The van der Waals surface area contributed by atoms with Crippen molar-refractivity contribution < 1.29 is 13.9 Å². The molecule has 0 aliphatic carbocycles. The number of hydrogen-bond donors (Lipinski definition) is 1.